The number of nitrogens with one attached hydrogen (secondary N) is 2. The van der Waals surface area contributed by atoms with Gasteiger partial charge in [-0.05, 0) is 46.7 Å². The monoisotopic (exact) mass is 293 g/mol. The summed E-state index contributed by atoms with van der Waals surface area (Å²) >= 11 is 0. The zero-order valence-corrected chi connectivity index (χ0v) is 14.0. The highest BCUT2D eigenvalue weighted by molar-refractivity contribution is 5.80. The summed E-state index contributed by atoms with van der Waals surface area (Å²) in [6.45, 7) is 10.2. The van der Waals surface area contributed by atoms with Crippen molar-refractivity contribution in [3.05, 3.63) is 25.1 Å². The largest absolute Gasteiger partial charge is 0.372 e. The first-order valence-electron chi connectivity index (χ1n) is 7.66. The summed E-state index contributed by atoms with van der Waals surface area (Å²) in [5.41, 5.74) is 0.950. The smallest absolute Gasteiger partial charge is 0.199 e. The van der Waals surface area contributed by atoms with E-state index in [0.717, 1.165) is 11.7 Å². The molecule has 0 radical (unpaired) electrons. The molecule has 5 nitrogen and oxygen atoms in total. The fraction of sp³-hybridized carbons (Fsp3) is 0.688. The van der Waals surface area contributed by atoms with Crippen molar-refractivity contribution in [1.29, 1.82) is 0 Å². The Morgan fingerprint density at radius 2 is 1.86 bits per heavy atom. The van der Waals surface area contributed by atoms with Crippen LogP contribution in [0.25, 0.3) is 0 Å². The lowest BCUT2D eigenvalue weighted by molar-refractivity contribution is 0.210. The van der Waals surface area contributed by atoms with Gasteiger partial charge in [0.1, 0.15) is 0 Å². The van der Waals surface area contributed by atoms with Crippen LogP contribution in [0.15, 0.2) is 30.0 Å². The molecule has 120 valence electrons. The minimum atomic E-state index is 0.493. The van der Waals surface area contributed by atoms with Crippen molar-refractivity contribution in [3.8, 4) is 0 Å². The van der Waals surface area contributed by atoms with Crippen LogP contribution < -0.4 is 10.6 Å². The second kappa shape index (κ2) is 8.72. The van der Waals surface area contributed by atoms with Gasteiger partial charge in [-0.1, -0.05) is 13.2 Å². The van der Waals surface area contributed by atoms with Crippen LogP contribution in [0.1, 0.15) is 32.6 Å². The molecule has 0 unspecified atom stereocenters. The minimum absolute atomic E-state index is 0.493. The third-order valence-corrected chi connectivity index (χ3v) is 3.95. The van der Waals surface area contributed by atoms with E-state index in [2.05, 4.69) is 47.8 Å². The first-order valence-corrected chi connectivity index (χ1v) is 7.66. The molecular weight excluding hydrogens is 262 g/mol. The van der Waals surface area contributed by atoms with E-state index < -0.39 is 0 Å². The molecule has 1 saturated carbocycles. The molecule has 0 amide bonds. The van der Waals surface area contributed by atoms with Gasteiger partial charge in [-0.25, -0.2) is 4.99 Å². The standard InChI is InChI=1S/C16H31N5/c1-7-17-16(21(6)12-18-13(2)3)19-14-8-10-15(11-9-14)20(4)5/h7,14-15,18H,1-2,8-12H2,3-6H3,(H,17,19). The van der Waals surface area contributed by atoms with Gasteiger partial charge < -0.3 is 20.4 Å². The lowest BCUT2D eigenvalue weighted by Crippen LogP contribution is -2.49. The van der Waals surface area contributed by atoms with E-state index in [4.69, 9.17) is 0 Å². The minimum Gasteiger partial charge on any atom is -0.372 e. The Bertz CT molecular complexity index is 367. The van der Waals surface area contributed by atoms with Gasteiger partial charge in [0.05, 0.1) is 6.67 Å². The molecule has 0 saturated heterocycles. The fourth-order valence-electron chi connectivity index (χ4n) is 2.58. The van der Waals surface area contributed by atoms with Crippen LogP contribution in [-0.4, -0.2) is 55.7 Å². The van der Waals surface area contributed by atoms with Gasteiger partial charge in [-0.3, -0.25) is 0 Å². The van der Waals surface area contributed by atoms with Crippen LogP contribution in [0, 0.1) is 0 Å². The van der Waals surface area contributed by atoms with E-state index >= 15 is 0 Å². The third kappa shape index (κ3) is 6.21. The number of hydrogen-bond acceptors (Lipinski definition) is 3. The molecule has 1 aliphatic carbocycles. The molecule has 5 heteroatoms. The molecule has 1 rings (SSSR count). The number of allylic oxidation sites excluding steroid dienone is 1. The molecule has 0 spiro atoms. The number of aliphatic imine (C=N–C) groups is 1. The van der Waals surface area contributed by atoms with Crippen molar-refractivity contribution in [3.63, 3.8) is 0 Å². The lowest BCUT2D eigenvalue weighted by atomic mass is 9.90. The molecule has 0 heterocycles. The summed E-state index contributed by atoms with van der Waals surface area (Å²) < 4.78 is 0. The zero-order chi connectivity index (χ0) is 15.8. The Morgan fingerprint density at radius 3 is 2.33 bits per heavy atom. The Morgan fingerprint density at radius 1 is 1.24 bits per heavy atom. The van der Waals surface area contributed by atoms with E-state index in [0.29, 0.717) is 18.8 Å². The quantitative estimate of drug-likeness (QED) is 0.446. The molecule has 1 aliphatic rings. The van der Waals surface area contributed by atoms with Gasteiger partial charge in [-0.15, -0.1) is 0 Å². The summed E-state index contributed by atoms with van der Waals surface area (Å²) in [7, 11) is 6.34. The molecule has 21 heavy (non-hydrogen) atoms. The van der Waals surface area contributed by atoms with Crippen LogP contribution >= 0.6 is 0 Å². The molecule has 0 aromatic rings. The van der Waals surface area contributed by atoms with Gasteiger partial charge >= 0.3 is 0 Å². The molecule has 1 fully saturated rings. The number of guanidine groups is 1. The van der Waals surface area contributed by atoms with Crippen molar-refractivity contribution >= 4 is 5.96 Å². The van der Waals surface area contributed by atoms with E-state index in [-0.39, 0.29) is 0 Å². The van der Waals surface area contributed by atoms with Crippen LogP contribution in [0.4, 0.5) is 0 Å². The normalized spacial score (nSPS) is 22.8. The average molecular weight is 293 g/mol. The van der Waals surface area contributed by atoms with Crippen molar-refractivity contribution < 1.29 is 0 Å². The van der Waals surface area contributed by atoms with Crippen molar-refractivity contribution in [2.45, 2.75) is 44.7 Å². The van der Waals surface area contributed by atoms with Crippen LogP contribution in [0.3, 0.4) is 0 Å². The van der Waals surface area contributed by atoms with Crippen LogP contribution in [0.2, 0.25) is 0 Å². The summed E-state index contributed by atoms with van der Waals surface area (Å²) in [5.74, 6) is 0.868. The van der Waals surface area contributed by atoms with Crippen molar-refractivity contribution in [1.82, 2.24) is 20.4 Å². The molecule has 0 aliphatic heterocycles. The predicted octanol–water partition coefficient (Wildman–Crippen LogP) is 1.96. The van der Waals surface area contributed by atoms with Crippen molar-refractivity contribution in [2.24, 2.45) is 4.99 Å². The SMILES string of the molecule is C=C/N=C(/NC1CCC(N(C)C)CC1)N(C)CNC(=C)C. The summed E-state index contributed by atoms with van der Waals surface area (Å²) in [6, 6.07) is 1.21. The van der Waals surface area contributed by atoms with E-state index in [9.17, 15) is 0 Å². The first-order chi connectivity index (χ1) is 9.93. The Kier molecular flexibility index (Phi) is 7.29. The molecule has 0 aromatic carbocycles. The van der Waals surface area contributed by atoms with Crippen LogP contribution in [-0.2, 0) is 0 Å². The van der Waals surface area contributed by atoms with Gasteiger partial charge in [-0.2, -0.15) is 0 Å². The van der Waals surface area contributed by atoms with Gasteiger partial charge in [0.25, 0.3) is 0 Å². The topological polar surface area (TPSA) is 42.9 Å². The molecule has 0 bridgehead atoms. The maximum absolute atomic E-state index is 4.37. The summed E-state index contributed by atoms with van der Waals surface area (Å²) in [5, 5.41) is 6.77. The highest BCUT2D eigenvalue weighted by Crippen LogP contribution is 2.21. The Labute approximate surface area is 129 Å². The number of hydrogen-bond donors (Lipinski definition) is 2. The van der Waals surface area contributed by atoms with Gasteiger partial charge in [0.15, 0.2) is 5.96 Å². The highest BCUT2D eigenvalue weighted by atomic mass is 15.3. The maximum Gasteiger partial charge on any atom is 0.199 e. The average Bonchev–Trinajstić information content (AvgIpc) is 2.44. The van der Waals surface area contributed by atoms with E-state index in [1.165, 1.54) is 25.7 Å². The van der Waals surface area contributed by atoms with Gasteiger partial charge in [0, 0.05) is 31.0 Å². The van der Waals surface area contributed by atoms with Crippen LogP contribution in [0.5, 0.6) is 0 Å². The maximum atomic E-state index is 4.37. The third-order valence-electron chi connectivity index (χ3n) is 3.95. The second-order valence-corrected chi connectivity index (χ2v) is 6.06. The van der Waals surface area contributed by atoms with Crippen molar-refractivity contribution in [2.75, 3.05) is 27.8 Å². The predicted molar refractivity (Wildman–Crippen MR) is 91.1 cm³/mol. The fourth-order valence-corrected chi connectivity index (χ4v) is 2.58. The summed E-state index contributed by atoms with van der Waals surface area (Å²) in [6.07, 6.45) is 6.42. The summed E-state index contributed by atoms with van der Waals surface area (Å²) in [4.78, 5) is 8.75. The highest BCUT2D eigenvalue weighted by Gasteiger charge is 2.23. The molecule has 2 N–H and O–H groups in total. The van der Waals surface area contributed by atoms with E-state index in [1.54, 1.807) is 6.20 Å². The second-order valence-electron chi connectivity index (χ2n) is 6.06. The number of nitrogens with zero attached hydrogens (tertiary/aromatic N) is 3. The lowest BCUT2D eigenvalue weighted by Gasteiger charge is -2.34. The van der Waals surface area contributed by atoms with E-state index in [1.807, 2.05) is 18.9 Å². The molecule has 0 aromatic heterocycles. The molecular formula is C16H31N5. The Balaban J connectivity index is 2.50. The van der Waals surface area contributed by atoms with Gasteiger partial charge in [0.2, 0.25) is 0 Å². The number of rotatable bonds is 6. The zero-order valence-electron chi connectivity index (χ0n) is 14.0. The first kappa shape index (κ1) is 17.6. The molecule has 0 atom stereocenters. The Hall–Kier alpha value is -1.49.